The van der Waals surface area contributed by atoms with Crippen LogP contribution in [0.5, 0.6) is 0 Å². The molecular weight excluding hydrogens is 356 g/mol. The van der Waals surface area contributed by atoms with Gasteiger partial charge in [-0.3, -0.25) is 4.79 Å². The van der Waals surface area contributed by atoms with Gasteiger partial charge in [0, 0.05) is 38.0 Å². The molecule has 1 atom stereocenters. The number of urea groups is 1. The monoisotopic (exact) mass is 382 g/mol. The highest BCUT2D eigenvalue weighted by Crippen LogP contribution is 2.19. The summed E-state index contributed by atoms with van der Waals surface area (Å²) in [6, 6.07) is 3.17. The van der Waals surface area contributed by atoms with Crippen LogP contribution in [0.1, 0.15) is 42.7 Å². The second-order valence-corrected chi connectivity index (χ2v) is 7.06. The Morgan fingerprint density at radius 2 is 2.19 bits per heavy atom. The summed E-state index contributed by atoms with van der Waals surface area (Å²) in [5.74, 6) is -0.155. The van der Waals surface area contributed by atoms with Crippen LogP contribution in [-0.4, -0.2) is 60.2 Å². The van der Waals surface area contributed by atoms with Gasteiger partial charge in [0.25, 0.3) is 5.91 Å². The summed E-state index contributed by atoms with van der Waals surface area (Å²) < 4.78 is 5.42. The minimum atomic E-state index is -0.219. The predicted octanol–water partition coefficient (Wildman–Crippen LogP) is 2.37. The number of likely N-dealkylation sites (tertiary alicyclic amines) is 1. The molecule has 2 N–H and O–H groups in total. The first-order valence-corrected chi connectivity index (χ1v) is 9.33. The van der Waals surface area contributed by atoms with Crippen molar-refractivity contribution < 1.29 is 14.3 Å². The van der Waals surface area contributed by atoms with Crippen molar-refractivity contribution in [2.75, 3.05) is 26.2 Å². The number of aryl methyl sites for hydroxylation is 1. The lowest BCUT2D eigenvalue weighted by Gasteiger charge is -2.18. The number of halogens is 1. The summed E-state index contributed by atoms with van der Waals surface area (Å²) in [5, 5.41) is 5.93. The maximum absolute atomic E-state index is 12.6. The Kier molecular flexibility index (Phi) is 7.66. The minimum Gasteiger partial charge on any atom is -0.379 e. The van der Waals surface area contributed by atoms with Crippen LogP contribution in [0.15, 0.2) is 12.1 Å². The van der Waals surface area contributed by atoms with Crippen molar-refractivity contribution in [3.05, 3.63) is 28.5 Å². The van der Waals surface area contributed by atoms with E-state index in [1.165, 1.54) is 0 Å². The summed E-state index contributed by atoms with van der Waals surface area (Å²) in [7, 11) is 0. The number of amides is 3. The van der Waals surface area contributed by atoms with E-state index in [0.29, 0.717) is 38.2 Å². The highest BCUT2D eigenvalue weighted by Gasteiger charge is 2.29. The van der Waals surface area contributed by atoms with Gasteiger partial charge in [0.15, 0.2) is 0 Å². The van der Waals surface area contributed by atoms with E-state index in [1.807, 2.05) is 20.8 Å². The van der Waals surface area contributed by atoms with Crippen molar-refractivity contribution in [2.24, 2.45) is 0 Å². The third-order valence-corrected chi connectivity index (χ3v) is 4.38. The summed E-state index contributed by atoms with van der Waals surface area (Å²) in [6.07, 6.45) is 1.68. The predicted molar refractivity (Wildman–Crippen MR) is 101 cm³/mol. The number of nitrogens with zero attached hydrogens (tertiary/aromatic N) is 2. The van der Waals surface area contributed by atoms with Crippen molar-refractivity contribution in [2.45, 2.75) is 45.8 Å². The van der Waals surface area contributed by atoms with Gasteiger partial charge in [-0.2, -0.15) is 0 Å². The van der Waals surface area contributed by atoms with Crippen LogP contribution >= 0.6 is 11.6 Å². The summed E-state index contributed by atoms with van der Waals surface area (Å²) >= 11 is 6.08. The fourth-order valence-corrected chi connectivity index (χ4v) is 3.02. The number of pyridine rings is 1. The number of nitrogens with one attached hydrogen (secondary N) is 2. The molecule has 1 aliphatic heterocycles. The molecule has 1 saturated heterocycles. The van der Waals surface area contributed by atoms with Crippen LogP contribution in [0.2, 0.25) is 5.15 Å². The maximum Gasteiger partial charge on any atom is 0.315 e. The van der Waals surface area contributed by atoms with Crippen molar-refractivity contribution in [3.63, 3.8) is 0 Å². The van der Waals surface area contributed by atoms with E-state index in [9.17, 15) is 9.59 Å². The van der Waals surface area contributed by atoms with Gasteiger partial charge in [0.2, 0.25) is 0 Å². The minimum absolute atomic E-state index is 0.0666. The molecule has 7 nitrogen and oxygen atoms in total. The number of carbonyl (C=O) groups excluding carboxylic acids is 2. The highest BCUT2D eigenvalue weighted by molar-refractivity contribution is 6.32. The highest BCUT2D eigenvalue weighted by atomic mass is 35.5. The van der Waals surface area contributed by atoms with E-state index in [4.69, 9.17) is 16.3 Å². The van der Waals surface area contributed by atoms with Crippen molar-refractivity contribution in [1.82, 2.24) is 20.5 Å². The van der Waals surface area contributed by atoms with Gasteiger partial charge < -0.3 is 20.3 Å². The molecule has 0 bridgehead atoms. The zero-order valence-corrected chi connectivity index (χ0v) is 16.3. The standard InChI is InChI=1S/C18H27ClN4O3/c1-12(2)26-10-4-8-20-18(25)22-14-7-9-23(11-14)17(24)15-6-5-13(3)21-16(15)19/h5-6,12,14H,4,7-11H2,1-3H3,(H2,20,22,25). The van der Waals surface area contributed by atoms with Gasteiger partial charge in [0.1, 0.15) is 5.15 Å². The molecule has 0 aliphatic carbocycles. The van der Waals surface area contributed by atoms with Crippen molar-refractivity contribution >= 4 is 23.5 Å². The largest absolute Gasteiger partial charge is 0.379 e. The van der Waals surface area contributed by atoms with E-state index in [1.54, 1.807) is 17.0 Å². The summed E-state index contributed by atoms with van der Waals surface area (Å²) in [4.78, 5) is 30.3. The zero-order valence-electron chi connectivity index (χ0n) is 15.5. The number of aromatic nitrogens is 1. The molecule has 2 rings (SSSR count). The van der Waals surface area contributed by atoms with Crippen LogP contribution < -0.4 is 10.6 Å². The average Bonchev–Trinajstić information content (AvgIpc) is 3.02. The topological polar surface area (TPSA) is 83.6 Å². The molecule has 144 valence electrons. The van der Waals surface area contributed by atoms with Gasteiger partial charge in [-0.1, -0.05) is 11.6 Å². The molecular formula is C18H27ClN4O3. The quantitative estimate of drug-likeness (QED) is 0.560. The van der Waals surface area contributed by atoms with Crippen molar-refractivity contribution in [1.29, 1.82) is 0 Å². The molecule has 26 heavy (non-hydrogen) atoms. The third-order valence-electron chi connectivity index (χ3n) is 4.09. The second kappa shape index (κ2) is 9.73. The Hall–Kier alpha value is -1.86. The van der Waals surface area contributed by atoms with Gasteiger partial charge in [0.05, 0.1) is 11.7 Å². The molecule has 1 aromatic rings. The fourth-order valence-electron chi connectivity index (χ4n) is 2.75. The lowest BCUT2D eigenvalue weighted by atomic mass is 10.2. The first-order chi connectivity index (χ1) is 12.4. The van der Waals surface area contributed by atoms with E-state index in [0.717, 1.165) is 12.1 Å². The SMILES string of the molecule is Cc1ccc(C(=O)N2CCC(NC(=O)NCCCOC(C)C)C2)c(Cl)n1. The van der Waals surface area contributed by atoms with Crippen LogP contribution in [-0.2, 0) is 4.74 Å². The molecule has 1 aliphatic rings. The first-order valence-electron chi connectivity index (χ1n) is 8.95. The second-order valence-electron chi connectivity index (χ2n) is 6.70. The van der Waals surface area contributed by atoms with E-state index >= 15 is 0 Å². The fraction of sp³-hybridized carbons (Fsp3) is 0.611. The Labute approximate surface area is 159 Å². The number of hydrogen-bond acceptors (Lipinski definition) is 4. The summed E-state index contributed by atoms with van der Waals surface area (Å²) in [6.45, 7) is 8.00. The van der Waals surface area contributed by atoms with E-state index < -0.39 is 0 Å². The van der Waals surface area contributed by atoms with Gasteiger partial charge >= 0.3 is 6.03 Å². The smallest absolute Gasteiger partial charge is 0.315 e. The normalized spacial score (nSPS) is 16.8. The number of hydrogen-bond donors (Lipinski definition) is 2. The molecule has 1 fully saturated rings. The number of carbonyl (C=O) groups is 2. The van der Waals surface area contributed by atoms with Crippen LogP contribution in [0.3, 0.4) is 0 Å². The zero-order chi connectivity index (χ0) is 19.1. The molecule has 0 aromatic carbocycles. The van der Waals surface area contributed by atoms with Gasteiger partial charge in [-0.05, 0) is 45.7 Å². The van der Waals surface area contributed by atoms with Crippen LogP contribution in [0.25, 0.3) is 0 Å². The molecule has 1 aromatic heterocycles. The van der Waals surface area contributed by atoms with Gasteiger partial charge in [-0.25, -0.2) is 9.78 Å². The third kappa shape index (κ3) is 6.14. The lowest BCUT2D eigenvalue weighted by Crippen LogP contribution is -2.44. The Bertz CT molecular complexity index is 639. The Balaban J connectivity index is 1.74. The molecule has 1 unspecified atom stereocenters. The molecule has 2 heterocycles. The molecule has 0 radical (unpaired) electrons. The van der Waals surface area contributed by atoms with E-state index in [-0.39, 0.29) is 29.2 Å². The summed E-state index contributed by atoms with van der Waals surface area (Å²) in [5.41, 5.74) is 1.16. The van der Waals surface area contributed by atoms with Crippen molar-refractivity contribution in [3.8, 4) is 0 Å². The first kappa shape index (κ1) is 20.5. The Morgan fingerprint density at radius 1 is 1.42 bits per heavy atom. The molecule has 0 saturated carbocycles. The molecule has 8 heteroatoms. The maximum atomic E-state index is 12.6. The average molecular weight is 383 g/mol. The van der Waals surface area contributed by atoms with Crippen LogP contribution in [0, 0.1) is 6.92 Å². The van der Waals surface area contributed by atoms with E-state index in [2.05, 4.69) is 15.6 Å². The molecule has 0 spiro atoms. The van der Waals surface area contributed by atoms with Crippen LogP contribution in [0.4, 0.5) is 4.79 Å². The van der Waals surface area contributed by atoms with Gasteiger partial charge in [-0.15, -0.1) is 0 Å². The molecule has 3 amide bonds. The number of ether oxygens (including phenoxy) is 1. The lowest BCUT2D eigenvalue weighted by molar-refractivity contribution is 0.0771. The number of rotatable bonds is 7. The Morgan fingerprint density at radius 3 is 2.88 bits per heavy atom.